The number of halogens is 1. The molecule has 2 aromatic rings. The van der Waals surface area contributed by atoms with Gasteiger partial charge in [-0.05, 0) is 35.9 Å². The van der Waals surface area contributed by atoms with Crippen LogP contribution in [0.25, 0.3) is 0 Å². The Morgan fingerprint density at radius 2 is 1.87 bits per heavy atom. The molecule has 6 heteroatoms. The minimum absolute atomic E-state index is 0.318. The summed E-state index contributed by atoms with van der Waals surface area (Å²) >= 11 is 3.28. The van der Waals surface area contributed by atoms with E-state index in [4.69, 9.17) is 9.47 Å². The molecule has 120 valence electrons. The Balaban J connectivity index is 1.77. The summed E-state index contributed by atoms with van der Waals surface area (Å²) in [6, 6.07) is 14.1. The van der Waals surface area contributed by atoms with Gasteiger partial charge in [0, 0.05) is 11.0 Å². The van der Waals surface area contributed by atoms with E-state index in [9.17, 15) is 9.59 Å². The normalized spacial score (nSPS) is 10.0. The molecule has 2 rings (SSSR count). The Labute approximate surface area is 142 Å². The molecule has 0 saturated carbocycles. The number of carbonyl (C=O) groups excluding carboxylic acids is 2. The van der Waals surface area contributed by atoms with E-state index >= 15 is 0 Å². The van der Waals surface area contributed by atoms with Crippen molar-refractivity contribution < 1.29 is 19.1 Å². The third-order valence-corrected chi connectivity index (χ3v) is 3.54. The molecule has 0 aliphatic rings. The predicted octanol–water partition coefficient (Wildman–Crippen LogP) is 2.93. The van der Waals surface area contributed by atoms with E-state index in [1.54, 1.807) is 31.4 Å². The molecule has 5 nitrogen and oxygen atoms in total. The van der Waals surface area contributed by atoms with Crippen LogP contribution in [-0.2, 0) is 16.1 Å². The lowest BCUT2D eigenvalue weighted by molar-refractivity contribution is -0.124. The first kappa shape index (κ1) is 17.0. The van der Waals surface area contributed by atoms with Gasteiger partial charge < -0.3 is 14.8 Å². The second-order valence-electron chi connectivity index (χ2n) is 4.71. The van der Waals surface area contributed by atoms with Crippen LogP contribution in [0.2, 0.25) is 0 Å². The van der Waals surface area contributed by atoms with Gasteiger partial charge in [-0.3, -0.25) is 4.79 Å². The van der Waals surface area contributed by atoms with Crippen molar-refractivity contribution in [1.29, 1.82) is 0 Å². The second-order valence-corrected chi connectivity index (χ2v) is 5.63. The lowest BCUT2D eigenvalue weighted by Crippen LogP contribution is -2.28. The Hall–Kier alpha value is -2.34. The number of ether oxygens (including phenoxy) is 2. The second kappa shape index (κ2) is 8.33. The van der Waals surface area contributed by atoms with E-state index < -0.39 is 5.97 Å². The number of hydrogen-bond acceptors (Lipinski definition) is 4. The average Bonchev–Trinajstić information content (AvgIpc) is 2.58. The summed E-state index contributed by atoms with van der Waals surface area (Å²) in [5, 5.41) is 2.69. The molecule has 0 radical (unpaired) electrons. The third kappa shape index (κ3) is 5.41. The minimum atomic E-state index is -0.536. The van der Waals surface area contributed by atoms with Crippen molar-refractivity contribution in [2.75, 3.05) is 13.7 Å². The zero-order chi connectivity index (χ0) is 16.7. The summed E-state index contributed by atoms with van der Waals surface area (Å²) in [5.41, 5.74) is 1.32. The monoisotopic (exact) mass is 377 g/mol. The van der Waals surface area contributed by atoms with Gasteiger partial charge in [0.15, 0.2) is 6.61 Å². The van der Waals surface area contributed by atoms with Gasteiger partial charge in [-0.2, -0.15) is 0 Å². The largest absolute Gasteiger partial charge is 0.497 e. The molecule has 1 amide bonds. The van der Waals surface area contributed by atoms with Crippen LogP contribution in [-0.4, -0.2) is 25.6 Å². The van der Waals surface area contributed by atoms with Crippen molar-refractivity contribution in [3.05, 3.63) is 64.1 Å². The smallest absolute Gasteiger partial charge is 0.338 e. The first-order valence-corrected chi connectivity index (χ1v) is 7.70. The first-order chi connectivity index (χ1) is 11.1. The third-order valence-electron chi connectivity index (χ3n) is 3.04. The SMILES string of the molecule is COc1ccc(CNC(=O)COC(=O)c2cccc(Br)c2)cc1. The Kier molecular flexibility index (Phi) is 6.17. The van der Waals surface area contributed by atoms with E-state index in [0.29, 0.717) is 12.1 Å². The topological polar surface area (TPSA) is 64.6 Å². The lowest BCUT2D eigenvalue weighted by Gasteiger charge is -2.07. The maximum atomic E-state index is 11.8. The van der Waals surface area contributed by atoms with Crippen molar-refractivity contribution >= 4 is 27.8 Å². The maximum Gasteiger partial charge on any atom is 0.338 e. The van der Waals surface area contributed by atoms with Gasteiger partial charge in [-0.25, -0.2) is 4.79 Å². The molecule has 0 aliphatic carbocycles. The number of methoxy groups -OCH3 is 1. The molecule has 23 heavy (non-hydrogen) atoms. The summed E-state index contributed by atoms with van der Waals surface area (Å²) < 4.78 is 10.8. The standard InChI is InChI=1S/C17H16BrNO4/c1-22-15-7-5-12(6-8-15)10-19-16(20)11-23-17(21)13-3-2-4-14(18)9-13/h2-9H,10-11H2,1H3,(H,19,20). The van der Waals surface area contributed by atoms with E-state index in [-0.39, 0.29) is 12.5 Å². The first-order valence-electron chi connectivity index (χ1n) is 6.91. The molecule has 1 N–H and O–H groups in total. The van der Waals surface area contributed by atoms with Gasteiger partial charge in [0.25, 0.3) is 5.91 Å². The molecular formula is C17H16BrNO4. The van der Waals surface area contributed by atoms with Crippen LogP contribution in [0, 0.1) is 0 Å². The zero-order valence-corrected chi connectivity index (χ0v) is 14.1. The van der Waals surface area contributed by atoms with Gasteiger partial charge >= 0.3 is 5.97 Å². The minimum Gasteiger partial charge on any atom is -0.497 e. The molecule has 0 heterocycles. The van der Waals surface area contributed by atoms with Crippen molar-refractivity contribution in [2.24, 2.45) is 0 Å². The molecule has 0 atom stereocenters. The Bertz CT molecular complexity index is 685. The average molecular weight is 378 g/mol. The van der Waals surface area contributed by atoms with Crippen LogP contribution >= 0.6 is 15.9 Å². The number of hydrogen-bond donors (Lipinski definition) is 1. The van der Waals surface area contributed by atoms with E-state index in [0.717, 1.165) is 15.8 Å². The van der Waals surface area contributed by atoms with Crippen molar-refractivity contribution in [1.82, 2.24) is 5.32 Å². The highest BCUT2D eigenvalue weighted by molar-refractivity contribution is 9.10. The van der Waals surface area contributed by atoms with Crippen LogP contribution in [0.5, 0.6) is 5.75 Å². The van der Waals surface area contributed by atoms with Gasteiger partial charge in [-0.1, -0.05) is 34.1 Å². The fourth-order valence-corrected chi connectivity index (χ4v) is 2.22. The Morgan fingerprint density at radius 3 is 2.52 bits per heavy atom. The van der Waals surface area contributed by atoms with E-state index in [1.165, 1.54) is 0 Å². The molecule has 0 spiro atoms. The number of esters is 1. The molecule has 0 saturated heterocycles. The van der Waals surface area contributed by atoms with Gasteiger partial charge in [0.2, 0.25) is 0 Å². The summed E-state index contributed by atoms with van der Waals surface area (Å²) in [4.78, 5) is 23.5. The molecule has 2 aromatic carbocycles. The van der Waals surface area contributed by atoms with E-state index in [2.05, 4.69) is 21.2 Å². The maximum absolute atomic E-state index is 11.8. The number of benzene rings is 2. The van der Waals surface area contributed by atoms with E-state index in [1.807, 2.05) is 24.3 Å². The highest BCUT2D eigenvalue weighted by Gasteiger charge is 2.10. The van der Waals surface area contributed by atoms with Gasteiger partial charge in [-0.15, -0.1) is 0 Å². The molecule has 0 bridgehead atoms. The molecular weight excluding hydrogens is 362 g/mol. The van der Waals surface area contributed by atoms with Crippen LogP contribution in [0.4, 0.5) is 0 Å². The quantitative estimate of drug-likeness (QED) is 0.786. The number of carbonyl (C=O) groups is 2. The Morgan fingerprint density at radius 1 is 1.13 bits per heavy atom. The zero-order valence-electron chi connectivity index (χ0n) is 12.5. The molecule has 0 aromatic heterocycles. The predicted molar refractivity (Wildman–Crippen MR) is 89.3 cm³/mol. The summed E-state index contributed by atoms with van der Waals surface area (Å²) in [6.45, 7) is 0.0404. The molecule has 0 fully saturated rings. The fourth-order valence-electron chi connectivity index (χ4n) is 1.82. The van der Waals surface area contributed by atoms with Gasteiger partial charge in [0.1, 0.15) is 5.75 Å². The van der Waals surface area contributed by atoms with Crippen molar-refractivity contribution in [3.63, 3.8) is 0 Å². The highest BCUT2D eigenvalue weighted by Crippen LogP contribution is 2.12. The summed E-state index contributed by atoms with van der Waals surface area (Å²) in [6.07, 6.45) is 0. The van der Waals surface area contributed by atoms with Crippen molar-refractivity contribution in [2.45, 2.75) is 6.54 Å². The number of rotatable bonds is 6. The number of amides is 1. The van der Waals surface area contributed by atoms with Gasteiger partial charge in [0.05, 0.1) is 12.7 Å². The molecule has 0 unspecified atom stereocenters. The number of nitrogens with one attached hydrogen (secondary N) is 1. The summed E-state index contributed by atoms with van der Waals surface area (Å²) in [7, 11) is 1.59. The van der Waals surface area contributed by atoms with Crippen molar-refractivity contribution in [3.8, 4) is 5.75 Å². The van der Waals surface area contributed by atoms with Crippen LogP contribution in [0.1, 0.15) is 15.9 Å². The molecule has 0 aliphatic heterocycles. The van der Waals surface area contributed by atoms with Crippen LogP contribution in [0.15, 0.2) is 53.0 Å². The lowest BCUT2D eigenvalue weighted by atomic mass is 10.2. The highest BCUT2D eigenvalue weighted by atomic mass is 79.9. The summed E-state index contributed by atoms with van der Waals surface area (Å²) in [5.74, 6) is -0.141. The van der Waals surface area contributed by atoms with Crippen LogP contribution < -0.4 is 10.1 Å². The fraction of sp³-hybridized carbons (Fsp3) is 0.176. The van der Waals surface area contributed by atoms with Crippen LogP contribution in [0.3, 0.4) is 0 Å².